The normalized spacial score (nSPS) is 17.9. The zero-order valence-corrected chi connectivity index (χ0v) is 12.9. The van der Waals surface area contributed by atoms with E-state index >= 15 is 0 Å². The molecule has 1 aromatic rings. The number of rotatable bonds is 4. The Morgan fingerprint density at radius 2 is 1.58 bits per heavy atom. The van der Waals surface area contributed by atoms with Crippen LogP contribution in [-0.2, 0) is 0 Å². The zero-order valence-electron chi connectivity index (χ0n) is 12.9. The summed E-state index contributed by atoms with van der Waals surface area (Å²) in [6, 6.07) is 2.23. The third-order valence-corrected chi connectivity index (χ3v) is 5.08. The maximum atomic E-state index is 10.6. The van der Waals surface area contributed by atoms with E-state index in [4.69, 9.17) is 0 Å². The lowest BCUT2D eigenvalue weighted by Crippen LogP contribution is -2.07. The quantitative estimate of drug-likeness (QED) is 0.814. The molecule has 106 valence electrons. The SMILES string of the molecule is Cc1cc(C)c(C)c(C(O)CCC2CCCC2)c1C. The van der Waals surface area contributed by atoms with Gasteiger partial charge in [0, 0.05) is 0 Å². The molecule has 0 spiro atoms. The molecule has 1 atom stereocenters. The fourth-order valence-electron chi connectivity index (χ4n) is 3.58. The summed E-state index contributed by atoms with van der Waals surface area (Å²) < 4.78 is 0. The fourth-order valence-corrected chi connectivity index (χ4v) is 3.58. The van der Waals surface area contributed by atoms with Crippen molar-refractivity contribution in [3.05, 3.63) is 33.9 Å². The summed E-state index contributed by atoms with van der Waals surface area (Å²) in [4.78, 5) is 0. The molecule has 1 nitrogen and oxygen atoms in total. The van der Waals surface area contributed by atoms with Gasteiger partial charge in [0.25, 0.3) is 0 Å². The molecule has 1 aliphatic carbocycles. The van der Waals surface area contributed by atoms with Gasteiger partial charge in [-0.3, -0.25) is 0 Å². The molecule has 1 heteroatoms. The Morgan fingerprint density at radius 3 is 2.11 bits per heavy atom. The molecule has 1 aliphatic rings. The second-order valence-corrected chi connectivity index (χ2v) is 6.42. The van der Waals surface area contributed by atoms with E-state index in [0.717, 1.165) is 12.3 Å². The zero-order chi connectivity index (χ0) is 14.0. The van der Waals surface area contributed by atoms with Crippen molar-refractivity contribution in [2.45, 2.75) is 72.3 Å². The Kier molecular flexibility index (Phi) is 4.67. The van der Waals surface area contributed by atoms with Crippen molar-refractivity contribution in [1.29, 1.82) is 0 Å². The maximum absolute atomic E-state index is 10.6. The minimum atomic E-state index is -0.279. The van der Waals surface area contributed by atoms with Crippen molar-refractivity contribution in [1.82, 2.24) is 0 Å². The van der Waals surface area contributed by atoms with Crippen molar-refractivity contribution >= 4 is 0 Å². The van der Waals surface area contributed by atoms with Gasteiger partial charge in [0.1, 0.15) is 0 Å². The van der Waals surface area contributed by atoms with Crippen LogP contribution in [0.4, 0.5) is 0 Å². The number of hydrogen-bond acceptors (Lipinski definition) is 1. The van der Waals surface area contributed by atoms with Crippen LogP contribution in [0.15, 0.2) is 6.07 Å². The van der Waals surface area contributed by atoms with Gasteiger partial charge in [-0.05, 0) is 74.3 Å². The number of aliphatic hydroxyl groups is 1. The Hall–Kier alpha value is -0.820. The van der Waals surface area contributed by atoms with Crippen LogP contribution >= 0.6 is 0 Å². The van der Waals surface area contributed by atoms with Gasteiger partial charge < -0.3 is 5.11 Å². The Balaban J connectivity index is 2.11. The van der Waals surface area contributed by atoms with Crippen LogP contribution in [0.3, 0.4) is 0 Å². The van der Waals surface area contributed by atoms with Crippen molar-refractivity contribution in [3.63, 3.8) is 0 Å². The fraction of sp³-hybridized carbons (Fsp3) is 0.667. The molecule has 0 bridgehead atoms. The number of aryl methyl sites for hydroxylation is 2. The Morgan fingerprint density at radius 1 is 1.05 bits per heavy atom. The average Bonchev–Trinajstić information content (AvgIpc) is 2.87. The van der Waals surface area contributed by atoms with Crippen LogP contribution < -0.4 is 0 Å². The molecule has 0 radical (unpaired) electrons. The molecule has 2 rings (SSSR count). The van der Waals surface area contributed by atoms with Gasteiger partial charge in [0.2, 0.25) is 0 Å². The predicted molar refractivity (Wildman–Crippen MR) is 81.5 cm³/mol. The van der Waals surface area contributed by atoms with Gasteiger partial charge in [-0.15, -0.1) is 0 Å². The highest BCUT2D eigenvalue weighted by Gasteiger charge is 2.20. The van der Waals surface area contributed by atoms with Crippen LogP contribution in [0.2, 0.25) is 0 Å². The van der Waals surface area contributed by atoms with Crippen LogP contribution in [0.1, 0.15) is 72.4 Å². The third kappa shape index (κ3) is 3.20. The van der Waals surface area contributed by atoms with Crippen LogP contribution in [0.25, 0.3) is 0 Å². The average molecular weight is 260 g/mol. The molecular formula is C18H28O. The summed E-state index contributed by atoms with van der Waals surface area (Å²) in [5.74, 6) is 0.862. The van der Waals surface area contributed by atoms with Crippen molar-refractivity contribution in [3.8, 4) is 0 Å². The van der Waals surface area contributed by atoms with E-state index in [9.17, 15) is 5.11 Å². The smallest absolute Gasteiger partial charge is 0.0795 e. The standard InChI is InChI=1S/C18H28O/c1-12-11-13(2)15(4)18(14(12)3)17(19)10-9-16-7-5-6-8-16/h11,16-17,19H,5-10H2,1-4H3. The van der Waals surface area contributed by atoms with Crippen molar-refractivity contribution < 1.29 is 5.11 Å². The topological polar surface area (TPSA) is 20.2 Å². The van der Waals surface area contributed by atoms with Crippen LogP contribution in [0.5, 0.6) is 0 Å². The van der Waals surface area contributed by atoms with Gasteiger partial charge in [-0.2, -0.15) is 0 Å². The van der Waals surface area contributed by atoms with E-state index in [0.29, 0.717) is 0 Å². The number of aliphatic hydroxyl groups excluding tert-OH is 1. The van der Waals surface area contributed by atoms with E-state index in [1.807, 2.05) is 0 Å². The molecule has 1 unspecified atom stereocenters. The van der Waals surface area contributed by atoms with E-state index in [-0.39, 0.29) is 6.10 Å². The molecule has 0 aromatic heterocycles. The highest BCUT2D eigenvalue weighted by Crippen LogP contribution is 2.34. The van der Waals surface area contributed by atoms with Crippen molar-refractivity contribution in [2.75, 3.05) is 0 Å². The van der Waals surface area contributed by atoms with E-state index in [2.05, 4.69) is 33.8 Å². The first kappa shape index (κ1) is 14.6. The second kappa shape index (κ2) is 6.09. The van der Waals surface area contributed by atoms with Gasteiger partial charge in [0.15, 0.2) is 0 Å². The highest BCUT2D eigenvalue weighted by atomic mass is 16.3. The molecular weight excluding hydrogens is 232 g/mol. The second-order valence-electron chi connectivity index (χ2n) is 6.42. The first-order valence-corrected chi connectivity index (χ1v) is 7.76. The Bertz CT molecular complexity index is 415. The summed E-state index contributed by atoms with van der Waals surface area (Å²) in [6.07, 6.45) is 7.36. The molecule has 0 saturated heterocycles. The van der Waals surface area contributed by atoms with Gasteiger partial charge in [-0.25, -0.2) is 0 Å². The Labute approximate surface area is 118 Å². The minimum Gasteiger partial charge on any atom is -0.388 e. The van der Waals surface area contributed by atoms with E-state index in [1.165, 1.54) is 59.9 Å². The summed E-state index contributed by atoms with van der Waals surface area (Å²) in [5.41, 5.74) is 6.36. The molecule has 1 aromatic carbocycles. The summed E-state index contributed by atoms with van der Waals surface area (Å²) >= 11 is 0. The number of hydrogen-bond donors (Lipinski definition) is 1. The lowest BCUT2D eigenvalue weighted by molar-refractivity contribution is 0.155. The highest BCUT2D eigenvalue weighted by molar-refractivity contribution is 5.45. The first-order chi connectivity index (χ1) is 9.00. The molecule has 1 saturated carbocycles. The van der Waals surface area contributed by atoms with E-state index < -0.39 is 0 Å². The van der Waals surface area contributed by atoms with Gasteiger partial charge in [-0.1, -0.05) is 31.7 Å². The predicted octanol–water partition coefficient (Wildman–Crippen LogP) is 4.92. The summed E-state index contributed by atoms with van der Waals surface area (Å²) in [7, 11) is 0. The summed E-state index contributed by atoms with van der Waals surface area (Å²) in [5, 5.41) is 10.6. The molecule has 19 heavy (non-hydrogen) atoms. The molecule has 1 N–H and O–H groups in total. The van der Waals surface area contributed by atoms with Crippen LogP contribution in [0, 0.1) is 33.6 Å². The lowest BCUT2D eigenvalue weighted by atomic mass is 9.88. The summed E-state index contributed by atoms with van der Waals surface area (Å²) in [6.45, 7) is 8.59. The van der Waals surface area contributed by atoms with Crippen molar-refractivity contribution in [2.24, 2.45) is 5.92 Å². The minimum absolute atomic E-state index is 0.279. The van der Waals surface area contributed by atoms with E-state index in [1.54, 1.807) is 0 Å². The molecule has 0 heterocycles. The largest absolute Gasteiger partial charge is 0.388 e. The van der Waals surface area contributed by atoms with Crippen LogP contribution in [-0.4, -0.2) is 5.11 Å². The molecule has 1 fully saturated rings. The third-order valence-electron chi connectivity index (χ3n) is 5.08. The first-order valence-electron chi connectivity index (χ1n) is 7.76. The maximum Gasteiger partial charge on any atom is 0.0795 e. The monoisotopic (exact) mass is 260 g/mol. The van der Waals surface area contributed by atoms with Gasteiger partial charge in [0.05, 0.1) is 6.10 Å². The lowest BCUT2D eigenvalue weighted by Gasteiger charge is -2.21. The van der Waals surface area contributed by atoms with Gasteiger partial charge >= 0.3 is 0 Å². The number of benzene rings is 1. The molecule has 0 aliphatic heterocycles. The molecule has 0 amide bonds.